The molecule has 1 aromatic carbocycles. The Kier molecular flexibility index (Phi) is 2.94. The molecular formula is C13H14N4O3. The Bertz CT molecular complexity index is 646. The summed E-state index contributed by atoms with van der Waals surface area (Å²) in [5, 5.41) is 9.27. The highest BCUT2D eigenvalue weighted by molar-refractivity contribution is 5.99. The smallest absolute Gasteiger partial charge is 0.257 e. The number of aromatic nitrogens is 2. The van der Waals surface area contributed by atoms with E-state index < -0.39 is 0 Å². The van der Waals surface area contributed by atoms with E-state index in [1.165, 1.54) is 0 Å². The van der Waals surface area contributed by atoms with Crippen molar-refractivity contribution in [1.82, 2.24) is 15.5 Å². The molecule has 0 spiro atoms. The third kappa shape index (κ3) is 2.13. The molecule has 0 bridgehead atoms. The monoisotopic (exact) mass is 274 g/mol. The van der Waals surface area contributed by atoms with Crippen LogP contribution in [0, 0.1) is 6.92 Å². The summed E-state index contributed by atoms with van der Waals surface area (Å²) < 4.78 is 10.5. The molecule has 0 unspecified atom stereocenters. The van der Waals surface area contributed by atoms with Crippen molar-refractivity contribution < 1.29 is 14.3 Å². The Morgan fingerprint density at radius 1 is 1.45 bits per heavy atom. The van der Waals surface area contributed by atoms with Crippen LogP contribution in [0.1, 0.15) is 21.6 Å². The van der Waals surface area contributed by atoms with Gasteiger partial charge in [0.15, 0.2) is 17.3 Å². The van der Waals surface area contributed by atoms with Gasteiger partial charge >= 0.3 is 0 Å². The SMILES string of the molecule is Cc1[nH]nc(N)c1C(=O)NCc1ccc2c(c1)OCO2. The first-order valence-corrected chi connectivity index (χ1v) is 6.12. The summed E-state index contributed by atoms with van der Waals surface area (Å²) in [6, 6.07) is 5.54. The molecule has 7 heteroatoms. The normalized spacial score (nSPS) is 12.4. The second-order valence-electron chi connectivity index (χ2n) is 4.48. The van der Waals surface area contributed by atoms with Gasteiger partial charge in [0, 0.05) is 12.2 Å². The lowest BCUT2D eigenvalue weighted by atomic mass is 10.2. The second-order valence-corrected chi connectivity index (χ2v) is 4.48. The molecule has 3 rings (SSSR count). The van der Waals surface area contributed by atoms with Gasteiger partial charge in [0.2, 0.25) is 6.79 Å². The number of rotatable bonds is 3. The van der Waals surface area contributed by atoms with E-state index in [0.29, 0.717) is 23.6 Å². The van der Waals surface area contributed by atoms with E-state index in [1.807, 2.05) is 18.2 Å². The van der Waals surface area contributed by atoms with Crippen molar-refractivity contribution >= 4 is 11.7 Å². The summed E-state index contributed by atoms with van der Waals surface area (Å²) in [5.74, 6) is 1.35. The van der Waals surface area contributed by atoms with Crippen LogP contribution in [0.5, 0.6) is 11.5 Å². The third-order valence-electron chi connectivity index (χ3n) is 3.09. The standard InChI is InChI=1S/C13H14N4O3/c1-7-11(12(14)17-16-7)13(18)15-5-8-2-3-9-10(4-8)20-6-19-9/h2-4H,5-6H2,1H3,(H,15,18)(H3,14,16,17). The van der Waals surface area contributed by atoms with Crippen molar-refractivity contribution in [2.45, 2.75) is 13.5 Å². The molecule has 0 saturated carbocycles. The lowest BCUT2D eigenvalue weighted by molar-refractivity contribution is 0.0951. The van der Waals surface area contributed by atoms with Gasteiger partial charge < -0.3 is 20.5 Å². The van der Waals surface area contributed by atoms with Crippen LogP contribution in [0.4, 0.5) is 5.82 Å². The van der Waals surface area contributed by atoms with Gasteiger partial charge in [-0.3, -0.25) is 9.89 Å². The van der Waals surface area contributed by atoms with Gasteiger partial charge in [-0.2, -0.15) is 5.10 Å². The summed E-state index contributed by atoms with van der Waals surface area (Å²) in [4.78, 5) is 12.0. The average molecular weight is 274 g/mol. The Morgan fingerprint density at radius 2 is 2.25 bits per heavy atom. The van der Waals surface area contributed by atoms with E-state index in [9.17, 15) is 4.79 Å². The Hall–Kier alpha value is -2.70. The molecule has 0 saturated heterocycles. The summed E-state index contributed by atoms with van der Waals surface area (Å²) >= 11 is 0. The quantitative estimate of drug-likeness (QED) is 0.773. The minimum absolute atomic E-state index is 0.200. The fourth-order valence-electron chi connectivity index (χ4n) is 2.06. The molecular weight excluding hydrogens is 260 g/mol. The molecule has 1 aliphatic rings. The molecule has 0 aliphatic carbocycles. The van der Waals surface area contributed by atoms with Crippen molar-refractivity contribution in [2.24, 2.45) is 0 Å². The highest BCUT2D eigenvalue weighted by Crippen LogP contribution is 2.32. The molecule has 104 valence electrons. The summed E-state index contributed by atoms with van der Waals surface area (Å²) in [6.45, 7) is 2.36. The highest BCUT2D eigenvalue weighted by atomic mass is 16.7. The number of fused-ring (bicyclic) bond motifs is 1. The molecule has 1 aliphatic heterocycles. The molecule has 1 amide bonds. The van der Waals surface area contributed by atoms with Gasteiger partial charge in [-0.1, -0.05) is 6.07 Å². The average Bonchev–Trinajstić information content (AvgIpc) is 3.02. The number of amides is 1. The van der Waals surface area contributed by atoms with Gasteiger partial charge in [0.1, 0.15) is 5.56 Å². The number of H-pyrrole nitrogens is 1. The fourth-order valence-corrected chi connectivity index (χ4v) is 2.06. The van der Waals surface area contributed by atoms with Gasteiger partial charge in [-0.25, -0.2) is 0 Å². The predicted octanol–water partition coefficient (Wildman–Crippen LogP) is 0.959. The van der Waals surface area contributed by atoms with Crippen molar-refractivity contribution in [3.8, 4) is 11.5 Å². The predicted molar refractivity (Wildman–Crippen MR) is 71.5 cm³/mol. The summed E-state index contributed by atoms with van der Waals surface area (Å²) in [7, 11) is 0. The number of carbonyl (C=O) groups is 1. The van der Waals surface area contributed by atoms with Crippen molar-refractivity contribution in [2.75, 3.05) is 12.5 Å². The van der Waals surface area contributed by atoms with Gasteiger partial charge in [-0.05, 0) is 24.6 Å². The van der Waals surface area contributed by atoms with Gasteiger partial charge in [0.25, 0.3) is 5.91 Å². The zero-order chi connectivity index (χ0) is 14.1. The van der Waals surface area contributed by atoms with Crippen LogP contribution in [0.3, 0.4) is 0 Å². The number of nitrogen functional groups attached to an aromatic ring is 1. The lowest BCUT2D eigenvalue weighted by Crippen LogP contribution is -2.24. The first-order chi connectivity index (χ1) is 9.65. The largest absolute Gasteiger partial charge is 0.454 e. The molecule has 0 radical (unpaired) electrons. The van der Waals surface area contributed by atoms with Crippen LogP contribution in [0.15, 0.2) is 18.2 Å². The molecule has 2 heterocycles. The maximum absolute atomic E-state index is 12.0. The molecule has 0 fully saturated rings. The van der Waals surface area contributed by atoms with Crippen LogP contribution >= 0.6 is 0 Å². The minimum Gasteiger partial charge on any atom is -0.454 e. The minimum atomic E-state index is -0.258. The molecule has 4 N–H and O–H groups in total. The first-order valence-electron chi connectivity index (χ1n) is 6.12. The second kappa shape index (κ2) is 4.76. The van der Waals surface area contributed by atoms with Gasteiger partial charge in [0.05, 0.1) is 0 Å². The maximum atomic E-state index is 12.0. The maximum Gasteiger partial charge on any atom is 0.257 e. The van der Waals surface area contributed by atoms with Crippen LogP contribution < -0.4 is 20.5 Å². The van der Waals surface area contributed by atoms with Crippen LogP contribution in [0.2, 0.25) is 0 Å². The summed E-state index contributed by atoms with van der Waals surface area (Å²) in [6.07, 6.45) is 0. The summed E-state index contributed by atoms with van der Waals surface area (Å²) in [5.41, 5.74) is 7.59. The lowest BCUT2D eigenvalue weighted by Gasteiger charge is -2.06. The van der Waals surface area contributed by atoms with Crippen LogP contribution in [0.25, 0.3) is 0 Å². The van der Waals surface area contributed by atoms with Crippen molar-refractivity contribution in [3.05, 3.63) is 35.0 Å². The van der Waals surface area contributed by atoms with E-state index in [1.54, 1.807) is 6.92 Å². The van der Waals surface area contributed by atoms with E-state index in [-0.39, 0.29) is 18.5 Å². The molecule has 7 nitrogen and oxygen atoms in total. The van der Waals surface area contributed by atoms with Crippen molar-refractivity contribution in [3.63, 3.8) is 0 Å². The number of carbonyl (C=O) groups excluding carboxylic acids is 1. The number of nitrogens with one attached hydrogen (secondary N) is 2. The zero-order valence-electron chi connectivity index (χ0n) is 10.9. The number of anilines is 1. The Morgan fingerprint density at radius 3 is 3.00 bits per heavy atom. The topological polar surface area (TPSA) is 102 Å². The molecule has 20 heavy (non-hydrogen) atoms. The highest BCUT2D eigenvalue weighted by Gasteiger charge is 2.17. The number of aromatic amines is 1. The third-order valence-corrected chi connectivity index (χ3v) is 3.09. The number of hydrogen-bond donors (Lipinski definition) is 3. The Labute approximate surface area is 115 Å². The van der Waals surface area contributed by atoms with Gasteiger partial charge in [-0.15, -0.1) is 0 Å². The molecule has 1 aromatic heterocycles. The van der Waals surface area contributed by atoms with Crippen LogP contribution in [-0.2, 0) is 6.54 Å². The number of nitrogens with zero attached hydrogens (tertiary/aromatic N) is 1. The van der Waals surface area contributed by atoms with Crippen LogP contribution in [-0.4, -0.2) is 22.9 Å². The van der Waals surface area contributed by atoms with E-state index in [2.05, 4.69) is 15.5 Å². The van der Waals surface area contributed by atoms with E-state index in [0.717, 1.165) is 11.3 Å². The number of benzene rings is 1. The molecule has 2 aromatic rings. The van der Waals surface area contributed by atoms with Crippen molar-refractivity contribution in [1.29, 1.82) is 0 Å². The first kappa shape index (κ1) is 12.3. The number of hydrogen-bond acceptors (Lipinski definition) is 5. The number of aryl methyl sites for hydroxylation is 1. The fraction of sp³-hybridized carbons (Fsp3) is 0.231. The number of nitrogens with two attached hydrogens (primary N) is 1. The number of ether oxygens (including phenoxy) is 2. The zero-order valence-corrected chi connectivity index (χ0v) is 10.9. The molecule has 0 atom stereocenters. The Balaban J connectivity index is 1.69. The van der Waals surface area contributed by atoms with E-state index >= 15 is 0 Å². The van der Waals surface area contributed by atoms with E-state index in [4.69, 9.17) is 15.2 Å².